The maximum Gasteiger partial charge on any atom is 0.255 e. The number of benzene rings is 2. The maximum absolute atomic E-state index is 13.8. The minimum atomic E-state index is -0.680. The number of para-hydroxylation sites is 1. The Labute approximate surface area is 141 Å². The van der Waals surface area contributed by atoms with E-state index >= 15 is 0 Å². The van der Waals surface area contributed by atoms with Gasteiger partial charge in [0, 0.05) is 6.04 Å². The lowest BCUT2D eigenvalue weighted by Crippen LogP contribution is -2.34. The Morgan fingerprint density at radius 1 is 1.21 bits per heavy atom. The molecule has 0 aliphatic rings. The van der Waals surface area contributed by atoms with Crippen molar-refractivity contribution in [3.8, 4) is 5.75 Å². The first kappa shape index (κ1) is 17.9. The molecule has 128 valence electrons. The van der Waals surface area contributed by atoms with Gasteiger partial charge in [0.05, 0.1) is 18.3 Å². The SMILES string of the molecule is CCOc1c(F)cccc1C(=O)NC(C)CC(O)c1ccccc1. The molecule has 0 fully saturated rings. The normalized spacial score (nSPS) is 13.2. The molecule has 4 nitrogen and oxygen atoms in total. The molecule has 2 aromatic carbocycles. The summed E-state index contributed by atoms with van der Waals surface area (Å²) >= 11 is 0. The summed E-state index contributed by atoms with van der Waals surface area (Å²) in [6.07, 6.45) is -0.324. The molecule has 2 unspecified atom stereocenters. The van der Waals surface area contributed by atoms with Crippen molar-refractivity contribution in [1.82, 2.24) is 5.32 Å². The second-order valence-corrected chi connectivity index (χ2v) is 5.59. The predicted octanol–water partition coefficient (Wildman–Crippen LogP) is 3.47. The molecule has 1 amide bonds. The van der Waals surface area contributed by atoms with Gasteiger partial charge >= 0.3 is 0 Å². The fourth-order valence-electron chi connectivity index (χ4n) is 2.49. The number of amides is 1. The molecule has 0 saturated heterocycles. The summed E-state index contributed by atoms with van der Waals surface area (Å²) in [7, 11) is 0. The van der Waals surface area contributed by atoms with E-state index in [2.05, 4.69) is 5.32 Å². The fraction of sp³-hybridized carbons (Fsp3) is 0.316. The average molecular weight is 331 g/mol. The van der Waals surface area contributed by atoms with Crippen LogP contribution in [0.1, 0.15) is 42.3 Å². The van der Waals surface area contributed by atoms with Crippen LogP contribution in [-0.2, 0) is 0 Å². The first-order valence-corrected chi connectivity index (χ1v) is 7.98. The third kappa shape index (κ3) is 4.55. The second kappa shape index (κ2) is 8.45. The van der Waals surface area contributed by atoms with E-state index < -0.39 is 17.8 Å². The lowest BCUT2D eigenvalue weighted by Gasteiger charge is -2.19. The molecule has 0 aromatic heterocycles. The predicted molar refractivity (Wildman–Crippen MR) is 90.5 cm³/mol. The Kier molecular flexibility index (Phi) is 6.32. The van der Waals surface area contributed by atoms with Crippen LogP contribution in [-0.4, -0.2) is 23.7 Å². The third-order valence-corrected chi connectivity index (χ3v) is 3.64. The number of aliphatic hydroxyl groups is 1. The molecule has 2 atom stereocenters. The van der Waals surface area contributed by atoms with Gasteiger partial charge in [-0.05, 0) is 38.0 Å². The summed E-state index contributed by atoms with van der Waals surface area (Å²) in [5.74, 6) is -1.04. The molecule has 0 aliphatic heterocycles. The van der Waals surface area contributed by atoms with Crippen LogP contribution in [0.5, 0.6) is 5.75 Å². The number of hydrogen-bond acceptors (Lipinski definition) is 3. The first-order valence-electron chi connectivity index (χ1n) is 7.98. The lowest BCUT2D eigenvalue weighted by atomic mass is 10.0. The van der Waals surface area contributed by atoms with Crippen molar-refractivity contribution in [2.45, 2.75) is 32.4 Å². The van der Waals surface area contributed by atoms with Gasteiger partial charge < -0.3 is 15.2 Å². The van der Waals surface area contributed by atoms with Crippen LogP contribution in [0.4, 0.5) is 4.39 Å². The van der Waals surface area contributed by atoms with Crippen molar-refractivity contribution in [3.05, 3.63) is 65.5 Å². The van der Waals surface area contributed by atoms with E-state index in [0.717, 1.165) is 5.56 Å². The summed E-state index contributed by atoms with van der Waals surface area (Å²) in [6, 6.07) is 13.2. The number of rotatable bonds is 7. The zero-order valence-electron chi connectivity index (χ0n) is 13.8. The van der Waals surface area contributed by atoms with Crippen LogP contribution in [0.15, 0.2) is 48.5 Å². The Morgan fingerprint density at radius 2 is 1.92 bits per heavy atom. The van der Waals surface area contributed by atoms with Crippen LogP contribution >= 0.6 is 0 Å². The number of carbonyl (C=O) groups is 1. The van der Waals surface area contributed by atoms with Crippen molar-refractivity contribution < 1.29 is 19.0 Å². The van der Waals surface area contributed by atoms with Crippen molar-refractivity contribution in [1.29, 1.82) is 0 Å². The smallest absolute Gasteiger partial charge is 0.255 e. The Hall–Kier alpha value is -2.40. The van der Waals surface area contributed by atoms with Gasteiger partial charge in [0.15, 0.2) is 11.6 Å². The minimum Gasteiger partial charge on any atom is -0.490 e. The zero-order chi connectivity index (χ0) is 17.5. The molecular weight excluding hydrogens is 309 g/mol. The highest BCUT2D eigenvalue weighted by molar-refractivity contribution is 5.97. The minimum absolute atomic E-state index is 0.0479. The molecule has 0 saturated carbocycles. The zero-order valence-corrected chi connectivity index (χ0v) is 13.8. The van der Waals surface area contributed by atoms with Crippen molar-refractivity contribution >= 4 is 5.91 Å². The summed E-state index contributed by atoms with van der Waals surface area (Å²) in [5.41, 5.74) is 0.942. The Balaban J connectivity index is 2.03. The Morgan fingerprint density at radius 3 is 2.58 bits per heavy atom. The number of nitrogens with one attached hydrogen (secondary N) is 1. The van der Waals surface area contributed by atoms with E-state index in [-0.39, 0.29) is 24.0 Å². The maximum atomic E-state index is 13.8. The summed E-state index contributed by atoms with van der Waals surface area (Å²) in [6.45, 7) is 3.79. The average Bonchev–Trinajstić information content (AvgIpc) is 2.57. The molecular formula is C19H22FNO3. The van der Waals surface area contributed by atoms with Gasteiger partial charge in [0.25, 0.3) is 5.91 Å². The van der Waals surface area contributed by atoms with Gasteiger partial charge in [0.1, 0.15) is 0 Å². The molecule has 2 rings (SSSR count). The van der Waals surface area contributed by atoms with Gasteiger partial charge in [-0.2, -0.15) is 0 Å². The number of ether oxygens (including phenoxy) is 1. The van der Waals surface area contributed by atoms with E-state index in [1.807, 2.05) is 30.3 Å². The fourth-order valence-corrected chi connectivity index (χ4v) is 2.49. The van der Waals surface area contributed by atoms with Crippen molar-refractivity contribution in [2.75, 3.05) is 6.61 Å². The van der Waals surface area contributed by atoms with Gasteiger partial charge in [0.2, 0.25) is 0 Å². The van der Waals surface area contributed by atoms with Gasteiger partial charge in [-0.15, -0.1) is 0 Å². The molecule has 0 heterocycles. The monoisotopic (exact) mass is 331 g/mol. The molecule has 0 bridgehead atoms. The quantitative estimate of drug-likeness (QED) is 0.817. The molecule has 24 heavy (non-hydrogen) atoms. The first-order chi connectivity index (χ1) is 11.5. The third-order valence-electron chi connectivity index (χ3n) is 3.64. The van der Waals surface area contributed by atoms with Crippen LogP contribution in [0.2, 0.25) is 0 Å². The highest BCUT2D eigenvalue weighted by Gasteiger charge is 2.19. The number of halogens is 1. The second-order valence-electron chi connectivity index (χ2n) is 5.59. The summed E-state index contributed by atoms with van der Waals surface area (Å²) < 4.78 is 19.1. The molecule has 5 heteroatoms. The van der Waals surface area contributed by atoms with Crippen LogP contribution in [0.25, 0.3) is 0 Å². The van der Waals surface area contributed by atoms with Crippen LogP contribution in [0.3, 0.4) is 0 Å². The number of hydrogen-bond donors (Lipinski definition) is 2. The van der Waals surface area contributed by atoms with Gasteiger partial charge in [-0.3, -0.25) is 4.79 Å². The van der Waals surface area contributed by atoms with E-state index in [1.54, 1.807) is 13.8 Å². The van der Waals surface area contributed by atoms with Crippen LogP contribution < -0.4 is 10.1 Å². The topological polar surface area (TPSA) is 58.6 Å². The highest BCUT2D eigenvalue weighted by atomic mass is 19.1. The largest absolute Gasteiger partial charge is 0.490 e. The van der Waals surface area contributed by atoms with E-state index in [9.17, 15) is 14.3 Å². The number of aliphatic hydroxyl groups excluding tert-OH is 1. The summed E-state index contributed by atoms with van der Waals surface area (Å²) in [4.78, 5) is 12.4. The van der Waals surface area contributed by atoms with Gasteiger partial charge in [-0.25, -0.2) is 4.39 Å². The van der Waals surface area contributed by atoms with Crippen molar-refractivity contribution in [3.63, 3.8) is 0 Å². The number of carbonyl (C=O) groups excluding carboxylic acids is 1. The molecule has 0 radical (unpaired) electrons. The molecule has 2 N–H and O–H groups in total. The molecule has 2 aromatic rings. The highest BCUT2D eigenvalue weighted by Crippen LogP contribution is 2.23. The van der Waals surface area contributed by atoms with E-state index in [0.29, 0.717) is 6.42 Å². The molecule has 0 aliphatic carbocycles. The summed E-state index contributed by atoms with van der Waals surface area (Å²) in [5, 5.41) is 13.0. The van der Waals surface area contributed by atoms with Crippen LogP contribution in [0, 0.1) is 5.82 Å². The van der Waals surface area contributed by atoms with E-state index in [4.69, 9.17) is 4.74 Å². The molecule has 0 spiro atoms. The van der Waals surface area contributed by atoms with Crippen molar-refractivity contribution in [2.24, 2.45) is 0 Å². The standard InChI is InChI=1S/C19H22FNO3/c1-3-24-18-15(10-7-11-16(18)20)19(23)21-13(2)12-17(22)14-8-5-4-6-9-14/h4-11,13,17,22H,3,12H2,1-2H3,(H,21,23). The van der Waals surface area contributed by atoms with E-state index in [1.165, 1.54) is 18.2 Å². The van der Waals surface area contributed by atoms with Gasteiger partial charge in [-0.1, -0.05) is 36.4 Å². The lowest BCUT2D eigenvalue weighted by molar-refractivity contribution is 0.0912. The Bertz CT molecular complexity index is 676.